The van der Waals surface area contributed by atoms with Gasteiger partial charge in [-0.25, -0.2) is 0 Å². The van der Waals surface area contributed by atoms with Gasteiger partial charge in [-0.15, -0.1) is 0 Å². The summed E-state index contributed by atoms with van der Waals surface area (Å²) in [6.45, 7) is 0.252. The van der Waals surface area contributed by atoms with E-state index in [9.17, 15) is 9.59 Å². The van der Waals surface area contributed by atoms with Crippen LogP contribution in [0, 0.1) is 0 Å². The average Bonchev–Trinajstić information content (AvgIpc) is 3.08. The number of ether oxygens (including phenoxy) is 1. The Kier molecular flexibility index (Phi) is 7.43. The number of benzene rings is 1. The monoisotopic (exact) mass is 422 g/mol. The van der Waals surface area contributed by atoms with E-state index in [0.29, 0.717) is 22.4 Å². The van der Waals surface area contributed by atoms with E-state index in [-0.39, 0.29) is 24.6 Å². The van der Waals surface area contributed by atoms with Gasteiger partial charge in [0.1, 0.15) is 11.4 Å². The van der Waals surface area contributed by atoms with Crippen molar-refractivity contribution >= 4 is 33.8 Å². The molecule has 26 heavy (non-hydrogen) atoms. The van der Waals surface area contributed by atoms with Gasteiger partial charge in [0, 0.05) is 13.2 Å². The topological polar surface area (TPSA) is 101 Å². The molecule has 7 nitrogen and oxygen atoms in total. The Morgan fingerprint density at radius 3 is 2.54 bits per heavy atom. The van der Waals surface area contributed by atoms with Crippen molar-refractivity contribution in [3.63, 3.8) is 0 Å². The Bertz CT molecular complexity index is 783. The molecule has 2 aromatic rings. The maximum atomic E-state index is 12.4. The first kappa shape index (κ1) is 19.7. The smallest absolute Gasteiger partial charge is 0.291 e. The predicted octanol–water partition coefficient (Wildman–Crippen LogP) is 2.32. The van der Waals surface area contributed by atoms with Crippen LogP contribution in [0.2, 0.25) is 0 Å². The number of aliphatic hydroxyl groups excluding tert-OH is 1. The molecule has 2 amide bonds. The summed E-state index contributed by atoms with van der Waals surface area (Å²) in [6.07, 6.45) is 1.96. The molecular weight excluding hydrogens is 404 g/mol. The van der Waals surface area contributed by atoms with Gasteiger partial charge >= 0.3 is 0 Å². The number of nitrogens with one attached hydrogen (secondary N) is 2. The summed E-state index contributed by atoms with van der Waals surface area (Å²) in [5.74, 6) is -0.262. The molecule has 1 aromatic carbocycles. The van der Waals surface area contributed by atoms with Crippen LogP contribution in [-0.2, 0) is 4.79 Å². The highest BCUT2D eigenvalue weighted by molar-refractivity contribution is 9.10. The zero-order valence-corrected chi connectivity index (χ0v) is 15.7. The summed E-state index contributed by atoms with van der Waals surface area (Å²) in [5.41, 5.74) is 0.768. The molecule has 0 saturated carbocycles. The number of halogens is 1. The quantitative estimate of drug-likeness (QED) is 0.447. The summed E-state index contributed by atoms with van der Waals surface area (Å²) in [6, 6.07) is 10.1. The second-order valence-electron chi connectivity index (χ2n) is 5.22. The van der Waals surface area contributed by atoms with Crippen molar-refractivity contribution in [2.75, 3.05) is 20.3 Å². The number of amides is 2. The molecule has 3 N–H and O–H groups in total. The van der Waals surface area contributed by atoms with Gasteiger partial charge in [0.25, 0.3) is 11.8 Å². The maximum absolute atomic E-state index is 12.4. The third kappa shape index (κ3) is 5.75. The van der Waals surface area contributed by atoms with E-state index in [4.69, 9.17) is 14.3 Å². The summed E-state index contributed by atoms with van der Waals surface area (Å²) < 4.78 is 10.7. The van der Waals surface area contributed by atoms with Gasteiger partial charge in [0.2, 0.25) is 0 Å². The van der Waals surface area contributed by atoms with Crippen LogP contribution in [0.4, 0.5) is 0 Å². The van der Waals surface area contributed by atoms with E-state index in [1.54, 1.807) is 43.5 Å². The van der Waals surface area contributed by atoms with Gasteiger partial charge in [0.15, 0.2) is 10.4 Å². The molecule has 0 aliphatic heterocycles. The lowest BCUT2D eigenvalue weighted by molar-refractivity contribution is -0.117. The molecule has 0 bridgehead atoms. The molecule has 138 valence electrons. The lowest BCUT2D eigenvalue weighted by Gasteiger charge is -2.10. The SMILES string of the molecule is COc1ccc(/C=C(/NC(=O)c2ccc(Br)o2)C(=O)NCCCO)cc1. The number of methoxy groups -OCH3 is 1. The van der Waals surface area contributed by atoms with E-state index < -0.39 is 11.8 Å². The number of hydrogen-bond acceptors (Lipinski definition) is 5. The minimum atomic E-state index is -0.548. The molecule has 0 fully saturated rings. The highest BCUT2D eigenvalue weighted by Crippen LogP contribution is 2.16. The van der Waals surface area contributed by atoms with Crippen LogP contribution in [0.25, 0.3) is 6.08 Å². The van der Waals surface area contributed by atoms with Crippen molar-refractivity contribution in [3.8, 4) is 5.75 Å². The first-order chi connectivity index (χ1) is 12.5. The molecular formula is C18H19BrN2O5. The van der Waals surface area contributed by atoms with Gasteiger partial charge in [-0.05, 0) is 58.3 Å². The lowest BCUT2D eigenvalue weighted by atomic mass is 10.1. The second-order valence-corrected chi connectivity index (χ2v) is 6.00. The highest BCUT2D eigenvalue weighted by atomic mass is 79.9. The van der Waals surface area contributed by atoms with Gasteiger partial charge in [-0.2, -0.15) is 0 Å². The molecule has 0 aliphatic rings. The number of carbonyl (C=O) groups is 2. The molecule has 0 saturated heterocycles. The average molecular weight is 423 g/mol. The Labute approximate surface area is 159 Å². The molecule has 0 radical (unpaired) electrons. The van der Waals surface area contributed by atoms with Gasteiger partial charge < -0.3 is 24.9 Å². The third-order valence-corrected chi connectivity index (χ3v) is 3.76. The van der Waals surface area contributed by atoms with Crippen molar-refractivity contribution in [2.24, 2.45) is 0 Å². The number of carbonyl (C=O) groups excluding carboxylic acids is 2. The molecule has 0 aliphatic carbocycles. The van der Waals surface area contributed by atoms with E-state index >= 15 is 0 Å². The third-order valence-electron chi connectivity index (χ3n) is 3.34. The number of hydrogen-bond donors (Lipinski definition) is 3. The predicted molar refractivity (Wildman–Crippen MR) is 99.6 cm³/mol. The van der Waals surface area contributed by atoms with E-state index in [0.717, 1.165) is 0 Å². The molecule has 0 spiro atoms. The van der Waals surface area contributed by atoms with Gasteiger partial charge in [-0.1, -0.05) is 12.1 Å². The van der Waals surface area contributed by atoms with Crippen molar-refractivity contribution in [3.05, 3.63) is 58.1 Å². The van der Waals surface area contributed by atoms with Gasteiger partial charge in [-0.3, -0.25) is 9.59 Å². The van der Waals surface area contributed by atoms with E-state index in [1.807, 2.05) is 0 Å². The molecule has 2 rings (SSSR count). The standard InChI is InChI=1S/C18H19BrN2O5/c1-25-13-5-3-12(4-6-13)11-14(17(23)20-9-2-10-22)21-18(24)15-7-8-16(19)26-15/h3-8,11,22H,2,9-10H2,1H3,(H,20,23)(H,21,24)/b14-11+. The second kappa shape index (κ2) is 9.79. The first-order valence-corrected chi connectivity index (χ1v) is 8.64. The molecule has 1 aromatic heterocycles. The fraction of sp³-hybridized carbons (Fsp3) is 0.222. The van der Waals surface area contributed by atoms with E-state index in [2.05, 4.69) is 26.6 Å². The van der Waals surface area contributed by atoms with Crippen LogP contribution >= 0.6 is 15.9 Å². The largest absolute Gasteiger partial charge is 0.497 e. The van der Waals surface area contributed by atoms with Crippen LogP contribution in [0.3, 0.4) is 0 Å². The zero-order valence-electron chi connectivity index (χ0n) is 14.1. The minimum absolute atomic E-state index is 0.0371. The van der Waals surface area contributed by atoms with Gasteiger partial charge in [0.05, 0.1) is 7.11 Å². The Morgan fingerprint density at radius 1 is 1.23 bits per heavy atom. The number of rotatable bonds is 8. The Morgan fingerprint density at radius 2 is 1.96 bits per heavy atom. The van der Waals surface area contributed by atoms with Crippen LogP contribution in [-0.4, -0.2) is 37.2 Å². The Hall–Kier alpha value is -2.58. The van der Waals surface area contributed by atoms with Crippen molar-refractivity contribution < 1.29 is 23.8 Å². The fourth-order valence-electron chi connectivity index (χ4n) is 2.02. The van der Waals surface area contributed by atoms with Crippen molar-refractivity contribution in [1.29, 1.82) is 0 Å². The molecule has 0 atom stereocenters. The normalized spacial score (nSPS) is 11.1. The summed E-state index contributed by atoms with van der Waals surface area (Å²) >= 11 is 3.13. The summed E-state index contributed by atoms with van der Waals surface area (Å²) in [4.78, 5) is 24.7. The molecule has 8 heteroatoms. The summed E-state index contributed by atoms with van der Waals surface area (Å²) in [5, 5.41) is 14.0. The van der Waals surface area contributed by atoms with Crippen LogP contribution in [0.1, 0.15) is 22.5 Å². The van der Waals surface area contributed by atoms with Crippen molar-refractivity contribution in [2.45, 2.75) is 6.42 Å². The zero-order chi connectivity index (χ0) is 18.9. The fourth-order valence-corrected chi connectivity index (χ4v) is 2.33. The van der Waals surface area contributed by atoms with Crippen LogP contribution in [0.5, 0.6) is 5.75 Å². The molecule has 1 heterocycles. The van der Waals surface area contributed by atoms with Crippen LogP contribution in [0.15, 0.2) is 51.2 Å². The lowest BCUT2D eigenvalue weighted by Crippen LogP contribution is -2.35. The maximum Gasteiger partial charge on any atom is 0.291 e. The Balaban J connectivity index is 2.20. The first-order valence-electron chi connectivity index (χ1n) is 7.85. The van der Waals surface area contributed by atoms with E-state index in [1.165, 1.54) is 6.07 Å². The highest BCUT2D eigenvalue weighted by Gasteiger charge is 2.17. The molecule has 0 unspecified atom stereocenters. The van der Waals surface area contributed by atoms with Crippen LogP contribution < -0.4 is 15.4 Å². The number of aliphatic hydroxyl groups is 1. The minimum Gasteiger partial charge on any atom is -0.497 e. The summed E-state index contributed by atoms with van der Waals surface area (Å²) in [7, 11) is 1.56. The number of furan rings is 1. The van der Waals surface area contributed by atoms with Crippen molar-refractivity contribution in [1.82, 2.24) is 10.6 Å².